The van der Waals surface area contributed by atoms with Crippen LogP contribution in [-0.4, -0.2) is 15.0 Å². The third-order valence-corrected chi connectivity index (χ3v) is 4.34. The van der Waals surface area contributed by atoms with Crippen LogP contribution in [0, 0.1) is 19.7 Å². The fourth-order valence-corrected chi connectivity index (χ4v) is 3.08. The summed E-state index contributed by atoms with van der Waals surface area (Å²) in [6, 6.07) is 16.1. The van der Waals surface area contributed by atoms with E-state index in [2.05, 4.69) is 16.0 Å². The van der Waals surface area contributed by atoms with Gasteiger partial charge in [-0.1, -0.05) is 23.8 Å². The number of nitrogen functional groups attached to an aromatic ring is 1. The maximum Gasteiger partial charge on any atom is 0.221 e. The number of rotatable bonds is 2. The molecule has 2 N–H and O–H groups in total. The van der Waals surface area contributed by atoms with Crippen LogP contribution in [0.3, 0.4) is 0 Å². The number of fused-ring (bicyclic) bond motifs is 1. The highest BCUT2D eigenvalue weighted by molar-refractivity contribution is 5.92. The molecule has 0 bridgehead atoms. The predicted molar refractivity (Wildman–Crippen MR) is 102 cm³/mol. The Hall–Kier alpha value is -3.34. The van der Waals surface area contributed by atoms with E-state index in [-0.39, 0.29) is 11.8 Å². The number of aromatic nitrogens is 3. The lowest BCUT2D eigenvalue weighted by atomic mass is 10.0. The van der Waals surface area contributed by atoms with Gasteiger partial charge >= 0.3 is 0 Å². The molecular weight excluding hydrogens is 327 g/mol. The van der Waals surface area contributed by atoms with E-state index in [1.165, 1.54) is 17.7 Å². The number of halogens is 1. The highest BCUT2D eigenvalue weighted by Gasteiger charge is 2.13. The Morgan fingerprint density at radius 3 is 2.35 bits per heavy atom. The SMILES string of the molecule is Cc1ccc(-c2nc(N)nc3ccc(-c4ccc(F)cc4)nc23)c(C)c1. The van der Waals surface area contributed by atoms with Crippen molar-refractivity contribution < 1.29 is 4.39 Å². The maximum atomic E-state index is 13.2. The number of nitrogens with zero attached hydrogens (tertiary/aromatic N) is 3. The van der Waals surface area contributed by atoms with Crippen molar-refractivity contribution in [3.63, 3.8) is 0 Å². The first-order valence-corrected chi connectivity index (χ1v) is 8.29. The van der Waals surface area contributed by atoms with Gasteiger partial charge in [-0.2, -0.15) is 0 Å². The van der Waals surface area contributed by atoms with Gasteiger partial charge in [0.05, 0.1) is 11.2 Å². The van der Waals surface area contributed by atoms with E-state index in [0.29, 0.717) is 16.7 Å². The van der Waals surface area contributed by atoms with Crippen LogP contribution in [0.25, 0.3) is 33.5 Å². The molecule has 128 valence electrons. The molecule has 2 heterocycles. The number of hydrogen-bond acceptors (Lipinski definition) is 4. The van der Waals surface area contributed by atoms with Gasteiger partial charge in [-0.05, 0) is 55.8 Å². The van der Waals surface area contributed by atoms with Crippen molar-refractivity contribution in [1.29, 1.82) is 0 Å². The van der Waals surface area contributed by atoms with Crippen molar-refractivity contribution in [3.8, 4) is 22.5 Å². The summed E-state index contributed by atoms with van der Waals surface area (Å²) in [5.74, 6) is -0.0644. The Labute approximate surface area is 150 Å². The molecule has 0 unspecified atom stereocenters. The van der Waals surface area contributed by atoms with Crippen LogP contribution in [-0.2, 0) is 0 Å². The Bertz CT molecular complexity index is 1120. The third-order valence-electron chi connectivity index (χ3n) is 4.34. The average molecular weight is 344 g/mol. The highest BCUT2D eigenvalue weighted by Crippen LogP contribution is 2.30. The van der Waals surface area contributed by atoms with Gasteiger partial charge in [-0.3, -0.25) is 0 Å². The molecule has 0 fully saturated rings. The Morgan fingerprint density at radius 1 is 0.846 bits per heavy atom. The number of pyridine rings is 1. The topological polar surface area (TPSA) is 64.7 Å². The molecule has 0 aliphatic heterocycles. The van der Waals surface area contributed by atoms with Crippen molar-refractivity contribution in [3.05, 3.63) is 71.5 Å². The molecule has 0 atom stereocenters. The molecule has 0 radical (unpaired) electrons. The van der Waals surface area contributed by atoms with Crippen molar-refractivity contribution in [2.45, 2.75) is 13.8 Å². The number of nitrogens with two attached hydrogens (primary N) is 1. The minimum atomic E-state index is -0.276. The number of benzene rings is 2. The summed E-state index contributed by atoms with van der Waals surface area (Å²) in [5, 5.41) is 0. The van der Waals surface area contributed by atoms with Gasteiger partial charge in [0.15, 0.2) is 0 Å². The first-order valence-electron chi connectivity index (χ1n) is 8.29. The molecule has 26 heavy (non-hydrogen) atoms. The normalized spacial score (nSPS) is 11.0. The lowest BCUT2D eigenvalue weighted by molar-refractivity contribution is 0.628. The van der Waals surface area contributed by atoms with Crippen molar-refractivity contribution in [2.24, 2.45) is 0 Å². The van der Waals surface area contributed by atoms with Crippen LogP contribution >= 0.6 is 0 Å². The van der Waals surface area contributed by atoms with Gasteiger partial charge in [-0.15, -0.1) is 0 Å². The second kappa shape index (κ2) is 6.19. The molecule has 0 aliphatic carbocycles. The van der Waals surface area contributed by atoms with Crippen LogP contribution in [0.5, 0.6) is 0 Å². The Morgan fingerprint density at radius 2 is 1.62 bits per heavy atom. The van der Waals surface area contributed by atoms with E-state index in [4.69, 9.17) is 10.7 Å². The first-order chi connectivity index (χ1) is 12.5. The zero-order chi connectivity index (χ0) is 18.3. The maximum absolute atomic E-state index is 13.2. The fraction of sp³-hybridized carbons (Fsp3) is 0.0952. The van der Waals surface area contributed by atoms with Crippen LogP contribution in [0.15, 0.2) is 54.6 Å². The second-order valence-corrected chi connectivity index (χ2v) is 6.32. The van der Waals surface area contributed by atoms with Gasteiger partial charge in [0.2, 0.25) is 5.95 Å². The smallest absolute Gasteiger partial charge is 0.221 e. The lowest BCUT2D eigenvalue weighted by Gasteiger charge is -2.11. The van der Waals surface area contributed by atoms with E-state index < -0.39 is 0 Å². The van der Waals surface area contributed by atoms with Crippen molar-refractivity contribution in [1.82, 2.24) is 15.0 Å². The predicted octanol–water partition coefficient (Wildman–Crippen LogP) is 4.70. The molecule has 2 aromatic carbocycles. The number of hydrogen-bond donors (Lipinski definition) is 1. The minimum Gasteiger partial charge on any atom is -0.368 e. The first kappa shape index (κ1) is 16.1. The molecule has 0 saturated heterocycles. The third kappa shape index (κ3) is 2.88. The van der Waals surface area contributed by atoms with E-state index in [1.54, 1.807) is 12.1 Å². The summed E-state index contributed by atoms with van der Waals surface area (Å²) in [6.07, 6.45) is 0. The van der Waals surface area contributed by atoms with Crippen LogP contribution in [0.4, 0.5) is 10.3 Å². The van der Waals surface area contributed by atoms with Crippen LogP contribution < -0.4 is 5.73 Å². The van der Waals surface area contributed by atoms with Crippen molar-refractivity contribution >= 4 is 17.0 Å². The Kier molecular flexibility index (Phi) is 3.84. The number of aryl methyl sites for hydroxylation is 2. The van der Waals surface area contributed by atoms with Gasteiger partial charge in [0, 0.05) is 11.1 Å². The summed E-state index contributed by atoms with van der Waals surface area (Å²) in [6.45, 7) is 4.09. The molecular formula is C21H17FN4. The largest absolute Gasteiger partial charge is 0.368 e. The van der Waals surface area contributed by atoms with E-state index in [9.17, 15) is 4.39 Å². The molecule has 0 aliphatic rings. The van der Waals surface area contributed by atoms with Crippen molar-refractivity contribution in [2.75, 3.05) is 5.73 Å². The average Bonchev–Trinajstić information content (AvgIpc) is 2.61. The van der Waals surface area contributed by atoms with Crippen LogP contribution in [0.1, 0.15) is 11.1 Å². The van der Waals surface area contributed by atoms with Gasteiger partial charge < -0.3 is 5.73 Å². The van der Waals surface area contributed by atoms with Gasteiger partial charge in [-0.25, -0.2) is 19.3 Å². The van der Waals surface area contributed by atoms with E-state index >= 15 is 0 Å². The molecule has 0 spiro atoms. The number of anilines is 1. The summed E-state index contributed by atoms with van der Waals surface area (Å²) < 4.78 is 13.2. The standard InChI is InChI=1S/C21H17FN4/c1-12-3-8-16(13(2)11-12)19-20-18(25-21(23)26-19)10-9-17(24-20)14-4-6-15(22)7-5-14/h3-11H,1-2H3,(H2,23,25,26). The summed E-state index contributed by atoms with van der Waals surface area (Å²) in [5.41, 5.74) is 12.8. The van der Waals surface area contributed by atoms with Crippen LogP contribution in [0.2, 0.25) is 0 Å². The molecule has 2 aromatic heterocycles. The monoisotopic (exact) mass is 344 g/mol. The zero-order valence-electron chi connectivity index (χ0n) is 14.5. The van der Waals surface area contributed by atoms with E-state index in [0.717, 1.165) is 22.4 Å². The lowest BCUT2D eigenvalue weighted by Crippen LogP contribution is -2.01. The Balaban J connectivity index is 1.97. The highest BCUT2D eigenvalue weighted by atomic mass is 19.1. The molecule has 5 heteroatoms. The summed E-state index contributed by atoms with van der Waals surface area (Å²) >= 11 is 0. The molecule has 0 amide bonds. The molecule has 4 nitrogen and oxygen atoms in total. The summed E-state index contributed by atoms with van der Waals surface area (Å²) in [7, 11) is 0. The molecule has 4 rings (SSSR count). The second-order valence-electron chi connectivity index (χ2n) is 6.32. The van der Waals surface area contributed by atoms with E-state index in [1.807, 2.05) is 38.1 Å². The molecule has 0 saturated carbocycles. The molecule has 4 aromatic rings. The quantitative estimate of drug-likeness (QED) is 0.572. The summed E-state index contributed by atoms with van der Waals surface area (Å²) in [4.78, 5) is 13.5. The minimum absolute atomic E-state index is 0.212. The van der Waals surface area contributed by atoms with Gasteiger partial charge in [0.1, 0.15) is 17.0 Å². The zero-order valence-corrected chi connectivity index (χ0v) is 14.5. The van der Waals surface area contributed by atoms with Gasteiger partial charge in [0.25, 0.3) is 0 Å². The fourth-order valence-electron chi connectivity index (χ4n) is 3.08.